The second-order valence-corrected chi connectivity index (χ2v) is 8.30. The monoisotopic (exact) mass is 372 g/mol. The van der Waals surface area contributed by atoms with Crippen LogP contribution in [0.4, 0.5) is 0 Å². The number of aliphatic hydroxyl groups is 1. The van der Waals surface area contributed by atoms with Crippen molar-refractivity contribution < 1.29 is 10.4 Å². The molecule has 0 bridgehead atoms. The molecule has 1 aliphatic rings. The predicted molar refractivity (Wildman–Crippen MR) is 114 cm³/mol. The van der Waals surface area contributed by atoms with Gasteiger partial charge >= 0.3 is 0 Å². The van der Waals surface area contributed by atoms with Crippen LogP contribution in [0.3, 0.4) is 0 Å². The highest BCUT2D eigenvalue weighted by molar-refractivity contribution is 5.26. The SMILES string of the molecule is C[C@H]1[C@@H](c2ccccc2)[NH2+][C@@H](c2ccccc2)[C@H](C)C1(O)Cc1ccccc1. The summed E-state index contributed by atoms with van der Waals surface area (Å²) in [6.45, 7) is 4.43. The average molecular weight is 373 g/mol. The van der Waals surface area contributed by atoms with Gasteiger partial charge in [0, 0.05) is 29.4 Å². The van der Waals surface area contributed by atoms with Crippen molar-refractivity contribution >= 4 is 0 Å². The molecule has 2 nitrogen and oxygen atoms in total. The molecular formula is C26H30NO+. The Morgan fingerprint density at radius 1 is 0.679 bits per heavy atom. The van der Waals surface area contributed by atoms with E-state index in [1.165, 1.54) is 16.7 Å². The number of hydrogen-bond donors (Lipinski definition) is 2. The van der Waals surface area contributed by atoms with E-state index < -0.39 is 5.60 Å². The zero-order valence-corrected chi connectivity index (χ0v) is 16.7. The van der Waals surface area contributed by atoms with Crippen LogP contribution in [-0.4, -0.2) is 10.7 Å². The van der Waals surface area contributed by atoms with E-state index in [2.05, 4.69) is 104 Å². The first-order valence-corrected chi connectivity index (χ1v) is 10.3. The maximum Gasteiger partial charge on any atom is 0.117 e. The van der Waals surface area contributed by atoms with Gasteiger partial charge in [0.25, 0.3) is 0 Å². The van der Waals surface area contributed by atoms with Crippen LogP contribution < -0.4 is 5.32 Å². The molecule has 0 saturated carbocycles. The van der Waals surface area contributed by atoms with Gasteiger partial charge in [-0.05, 0) is 5.56 Å². The lowest BCUT2D eigenvalue weighted by Crippen LogP contribution is -2.93. The number of hydrogen-bond acceptors (Lipinski definition) is 1. The third-order valence-corrected chi connectivity index (χ3v) is 6.77. The summed E-state index contributed by atoms with van der Waals surface area (Å²) in [6.07, 6.45) is 0.677. The molecule has 0 radical (unpaired) electrons. The van der Waals surface area contributed by atoms with Gasteiger partial charge in [-0.25, -0.2) is 0 Å². The van der Waals surface area contributed by atoms with Gasteiger partial charge < -0.3 is 10.4 Å². The fraction of sp³-hybridized carbons (Fsp3) is 0.308. The smallest absolute Gasteiger partial charge is 0.117 e. The molecule has 4 rings (SSSR count). The molecule has 3 aromatic carbocycles. The minimum absolute atomic E-state index is 0.130. The van der Waals surface area contributed by atoms with Crippen LogP contribution in [0, 0.1) is 11.8 Å². The Kier molecular flexibility index (Phi) is 5.34. The van der Waals surface area contributed by atoms with Crippen LogP contribution in [0.25, 0.3) is 0 Å². The molecule has 1 fully saturated rings. The summed E-state index contributed by atoms with van der Waals surface area (Å²) in [5, 5.41) is 14.6. The van der Waals surface area contributed by atoms with Crippen molar-refractivity contribution in [2.24, 2.45) is 11.8 Å². The summed E-state index contributed by atoms with van der Waals surface area (Å²) in [5.41, 5.74) is 2.99. The van der Waals surface area contributed by atoms with E-state index in [0.717, 1.165) is 0 Å². The maximum atomic E-state index is 12.1. The van der Waals surface area contributed by atoms with Gasteiger partial charge in [-0.3, -0.25) is 0 Å². The molecule has 1 heterocycles. The highest BCUT2D eigenvalue weighted by Gasteiger charge is 2.53. The van der Waals surface area contributed by atoms with E-state index in [9.17, 15) is 5.11 Å². The first-order valence-electron chi connectivity index (χ1n) is 10.3. The van der Waals surface area contributed by atoms with Gasteiger partial charge in [-0.15, -0.1) is 0 Å². The molecule has 144 valence electrons. The van der Waals surface area contributed by atoms with Gasteiger partial charge in [0.1, 0.15) is 12.1 Å². The number of quaternary nitrogens is 1. The van der Waals surface area contributed by atoms with Crippen LogP contribution in [0.5, 0.6) is 0 Å². The quantitative estimate of drug-likeness (QED) is 0.704. The summed E-state index contributed by atoms with van der Waals surface area (Å²) in [5.74, 6) is 0.259. The fourth-order valence-electron chi connectivity index (χ4n) is 4.99. The fourth-order valence-corrected chi connectivity index (χ4v) is 4.99. The largest absolute Gasteiger partial charge is 0.388 e. The van der Waals surface area contributed by atoms with E-state index in [1.807, 2.05) is 6.07 Å². The number of benzene rings is 3. The molecule has 0 spiro atoms. The third-order valence-electron chi connectivity index (χ3n) is 6.77. The molecule has 0 aliphatic carbocycles. The Bertz CT molecular complexity index is 827. The van der Waals surface area contributed by atoms with Gasteiger partial charge in [-0.1, -0.05) is 105 Å². The van der Waals surface area contributed by atoms with Crippen LogP contribution in [0.1, 0.15) is 42.6 Å². The normalized spacial score (nSPS) is 30.1. The van der Waals surface area contributed by atoms with E-state index in [4.69, 9.17) is 0 Å². The Balaban J connectivity index is 1.76. The van der Waals surface area contributed by atoms with E-state index in [1.54, 1.807) is 0 Å². The molecule has 28 heavy (non-hydrogen) atoms. The van der Waals surface area contributed by atoms with Gasteiger partial charge in [0.15, 0.2) is 0 Å². The van der Waals surface area contributed by atoms with Gasteiger partial charge in [-0.2, -0.15) is 0 Å². The summed E-state index contributed by atoms with van der Waals surface area (Å²) in [7, 11) is 0. The minimum Gasteiger partial charge on any atom is -0.388 e. The molecule has 1 aliphatic heterocycles. The predicted octanol–water partition coefficient (Wildman–Crippen LogP) is 4.29. The molecule has 0 amide bonds. The van der Waals surface area contributed by atoms with E-state index in [0.29, 0.717) is 6.42 Å². The Morgan fingerprint density at radius 2 is 1.07 bits per heavy atom. The van der Waals surface area contributed by atoms with Gasteiger partial charge in [0.05, 0.1) is 5.60 Å². The molecule has 2 heteroatoms. The van der Waals surface area contributed by atoms with Crippen molar-refractivity contribution in [2.45, 2.75) is 38.0 Å². The molecule has 3 aromatic rings. The third kappa shape index (κ3) is 3.50. The summed E-state index contributed by atoms with van der Waals surface area (Å²) < 4.78 is 0. The molecule has 1 unspecified atom stereocenters. The molecule has 1 saturated heterocycles. The lowest BCUT2D eigenvalue weighted by Gasteiger charge is -2.49. The molecule has 3 N–H and O–H groups in total. The molecule has 5 atom stereocenters. The second kappa shape index (κ2) is 7.90. The maximum absolute atomic E-state index is 12.1. The van der Waals surface area contributed by atoms with Crippen LogP contribution in [0.15, 0.2) is 91.0 Å². The lowest BCUT2D eigenvalue weighted by atomic mass is 9.64. The van der Waals surface area contributed by atoms with Crippen molar-refractivity contribution in [3.8, 4) is 0 Å². The van der Waals surface area contributed by atoms with Crippen molar-refractivity contribution in [3.63, 3.8) is 0 Å². The van der Waals surface area contributed by atoms with Crippen LogP contribution in [0.2, 0.25) is 0 Å². The standard InChI is InChI=1S/C26H29NO/c1-19-24(22-14-8-4-9-15-22)27-25(23-16-10-5-11-17-23)20(2)26(19,28)18-21-12-6-3-7-13-21/h3-17,19-20,24-25,27-28H,18H2,1-2H3/p+1/t19-,20-,24-,25+,26?/m0/s1. The van der Waals surface area contributed by atoms with Gasteiger partial charge in [0.2, 0.25) is 0 Å². The highest BCUT2D eigenvalue weighted by atomic mass is 16.3. The van der Waals surface area contributed by atoms with Crippen molar-refractivity contribution in [1.29, 1.82) is 0 Å². The highest BCUT2D eigenvalue weighted by Crippen LogP contribution is 2.44. The number of nitrogens with two attached hydrogens (primary N) is 1. The van der Waals surface area contributed by atoms with Crippen LogP contribution in [-0.2, 0) is 6.42 Å². The van der Waals surface area contributed by atoms with E-state index >= 15 is 0 Å². The van der Waals surface area contributed by atoms with Crippen LogP contribution >= 0.6 is 0 Å². The number of piperidine rings is 1. The van der Waals surface area contributed by atoms with Crippen molar-refractivity contribution in [1.82, 2.24) is 0 Å². The average Bonchev–Trinajstić information content (AvgIpc) is 2.75. The van der Waals surface area contributed by atoms with E-state index in [-0.39, 0.29) is 23.9 Å². The first-order chi connectivity index (χ1) is 13.6. The topological polar surface area (TPSA) is 36.8 Å². The summed E-state index contributed by atoms with van der Waals surface area (Å²) >= 11 is 0. The Morgan fingerprint density at radius 3 is 1.50 bits per heavy atom. The minimum atomic E-state index is -0.781. The zero-order valence-electron chi connectivity index (χ0n) is 16.7. The zero-order chi connectivity index (χ0) is 19.6. The van der Waals surface area contributed by atoms with Crippen molar-refractivity contribution in [2.75, 3.05) is 0 Å². The first kappa shape index (κ1) is 18.9. The van der Waals surface area contributed by atoms with Crippen molar-refractivity contribution in [3.05, 3.63) is 108 Å². The summed E-state index contributed by atoms with van der Waals surface area (Å²) in [6, 6.07) is 32.1. The molecular weight excluding hydrogens is 342 g/mol. The lowest BCUT2D eigenvalue weighted by molar-refractivity contribution is -0.764. The molecule has 0 aromatic heterocycles. The Labute approximate surface area is 168 Å². The number of rotatable bonds is 4. The Hall–Kier alpha value is -2.42. The summed E-state index contributed by atoms with van der Waals surface area (Å²) in [4.78, 5) is 0. The second-order valence-electron chi connectivity index (χ2n) is 8.30.